The first-order valence-corrected chi connectivity index (χ1v) is 8.47. The molecule has 0 bridgehead atoms. The lowest BCUT2D eigenvalue weighted by atomic mass is 10.1. The van der Waals surface area contributed by atoms with Crippen molar-refractivity contribution >= 4 is 29.1 Å². The Labute approximate surface area is 159 Å². The summed E-state index contributed by atoms with van der Waals surface area (Å²) in [6.45, 7) is 0.155. The molecular weight excluding hydrogens is 370 g/mol. The number of ether oxygens (including phenoxy) is 1. The first-order valence-electron chi connectivity index (χ1n) is 8.09. The highest BCUT2D eigenvalue weighted by Gasteiger charge is 2.18. The molecule has 0 saturated carbocycles. The van der Waals surface area contributed by atoms with Gasteiger partial charge in [-0.3, -0.25) is 9.59 Å². The Morgan fingerprint density at radius 3 is 3.00 bits per heavy atom. The summed E-state index contributed by atoms with van der Waals surface area (Å²) in [4.78, 5) is 28.0. The highest BCUT2D eigenvalue weighted by molar-refractivity contribution is 6.31. The second-order valence-corrected chi connectivity index (χ2v) is 6.22. The van der Waals surface area contributed by atoms with Crippen LogP contribution in [0.15, 0.2) is 48.9 Å². The Hall–Kier alpha value is -3.39. The fourth-order valence-corrected chi connectivity index (χ4v) is 2.84. The van der Waals surface area contributed by atoms with Crippen molar-refractivity contribution in [2.24, 2.45) is 0 Å². The van der Waals surface area contributed by atoms with Crippen molar-refractivity contribution in [2.75, 3.05) is 11.9 Å². The fourth-order valence-electron chi connectivity index (χ4n) is 2.62. The zero-order valence-electron chi connectivity index (χ0n) is 14.0. The van der Waals surface area contributed by atoms with E-state index >= 15 is 0 Å². The molecule has 4 rings (SSSR count). The number of rotatable bonds is 4. The average Bonchev–Trinajstić information content (AvgIpc) is 3.21. The number of hydrogen-bond donors (Lipinski definition) is 2. The fraction of sp³-hybridized carbons (Fsp3) is 0.111. The Bertz CT molecular complexity index is 1000. The van der Waals surface area contributed by atoms with Gasteiger partial charge in [0.05, 0.1) is 11.3 Å². The van der Waals surface area contributed by atoms with Crippen LogP contribution in [0.1, 0.15) is 15.9 Å². The maximum absolute atomic E-state index is 12.4. The molecule has 1 aliphatic heterocycles. The smallest absolute Gasteiger partial charge is 0.262 e. The molecule has 3 heterocycles. The number of anilines is 1. The van der Waals surface area contributed by atoms with Crippen molar-refractivity contribution < 1.29 is 14.3 Å². The molecule has 2 amide bonds. The molecule has 27 heavy (non-hydrogen) atoms. The van der Waals surface area contributed by atoms with Gasteiger partial charge in [-0.15, -0.1) is 0 Å². The normalized spacial score (nSPS) is 12.7. The summed E-state index contributed by atoms with van der Waals surface area (Å²) in [6, 6.07) is 8.48. The summed E-state index contributed by atoms with van der Waals surface area (Å²) in [5, 5.41) is 10.0. The zero-order valence-corrected chi connectivity index (χ0v) is 14.7. The van der Waals surface area contributed by atoms with Gasteiger partial charge < -0.3 is 15.4 Å². The van der Waals surface area contributed by atoms with E-state index in [0.29, 0.717) is 33.4 Å². The number of aromatic nitrogens is 3. The van der Waals surface area contributed by atoms with Crippen LogP contribution in [0.5, 0.6) is 5.75 Å². The van der Waals surface area contributed by atoms with E-state index in [9.17, 15) is 9.59 Å². The van der Waals surface area contributed by atoms with Gasteiger partial charge in [-0.05, 0) is 29.8 Å². The van der Waals surface area contributed by atoms with Gasteiger partial charge in [0, 0.05) is 36.2 Å². The molecule has 1 aromatic carbocycles. The quantitative estimate of drug-likeness (QED) is 0.719. The van der Waals surface area contributed by atoms with Gasteiger partial charge in [-0.1, -0.05) is 11.6 Å². The number of pyridine rings is 1. The summed E-state index contributed by atoms with van der Waals surface area (Å²) in [5.74, 6) is 0.602. The van der Waals surface area contributed by atoms with Gasteiger partial charge >= 0.3 is 0 Å². The van der Waals surface area contributed by atoms with Crippen LogP contribution < -0.4 is 15.4 Å². The van der Waals surface area contributed by atoms with Crippen LogP contribution in [0, 0.1) is 0 Å². The lowest BCUT2D eigenvalue weighted by Crippen LogP contribution is -2.26. The van der Waals surface area contributed by atoms with Crippen molar-refractivity contribution in [2.45, 2.75) is 6.54 Å². The molecule has 3 aromatic rings. The van der Waals surface area contributed by atoms with E-state index in [1.807, 2.05) is 0 Å². The summed E-state index contributed by atoms with van der Waals surface area (Å²) < 4.78 is 6.91. The highest BCUT2D eigenvalue weighted by Crippen LogP contribution is 2.33. The summed E-state index contributed by atoms with van der Waals surface area (Å²) >= 11 is 6.24. The number of carbonyl (C=O) groups excluding carboxylic acids is 2. The SMILES string of the molecule is O=C1COc2cc(Cl)c(CNC(=O)c3ccc(-n4cccn4)nc3)cc2N1. The molecule has 0 atom stereocenters. The molecule has 136 valence electrons. The van der Waals surface area contributed by atoms with Crippen LogP contribution in [0.25, 0.3) is 5.82 Å². The van der Waals surface area contributed by atoms with Gasteiger partial charge in [0.2, 0.25) is 0 Å². The Kier molecular flexibility index (Phi) is 4.47. The maximum Gasteiger partial charge on any atom is 0.262 e. The van der Waals surface area contributed by atoms with Crippen LogP contribution in [0.4, 0.5) is 5.69 Å². The third-order valence-electron chi connectivity index (χ3n) is 3.97. The lowest BCUT2D eigenvalue weighted by molar-refractivity contribution is -0.118. The number of fused-ring (bicyclic) bond motifs is 1. The first kappa shape index (κ1) is 17.0. The van der Waals surface area contributed by atoms with Gasteiger partial charge in [0.25, 0.3) is 11.8 Å². The van der Waals surface area contributed by atoms with Crippen LogP contribution >= 0.6 is 11.6 Å². The van der Waals surface area contributed by atoms with Crippen molar-refractivity contribution in [3.63, 3.8) is 0 Å². The zero-order chi connectivity index (χ0) is 18.8. The second-order valence-electron chi connectivity index (χ2n) is 5.82. The molecule has 8 nitrogen and oxygen atoms in total. The Morgan fingerprint density at radius 2 is 2.26 bits per heavy atom. The molecule has 2 aromatic heterocycles. The van der Waals surface area contributed by atoms with Gasteiger partial charge in [-0.2, -0.15) is 5.10 Å². The molecule has 9 heteroatoms. The first-order chi connectivity index (χ1) is 13.1. The van der Waals surface area contributed by atoms with E-state index in [1.165, 1.54) is 6.20 Å². The largest absolute Gasteiger partial charge is 0.482 e. The van der Waals surface area contributed by atoms with E-state index in [2.05, 4.69) is 20.7 Å². The predicted octanol–water partition coefficient (Wildman–Crippen LogP) is 2.18. The standard InChI is InChI=1S/C18H14ClN5O3/c19-13-7-15-14(23-17(25)10-27-15)6-12(13)9-21-18(26)11-2-3-16(20-8-11)24-5-1-4-22-24/h1-8H,9-10H2,(H,21,26)(H,23,25). The van der Waals surface area contributed by atoms with Crippen molar-refractivity contribution in [1.29, 1.82) is 0 Å². The summed E-state index contributed by atoms with van der Waals surface area (Å²) in [5.41, 5.74) is 1.61. The van der Waals surface area contributed by atoms with Gasteiger partial charge in [0.1, 0.15) is 5.75 Å². The minimum atomic E-state index is -0.288. The van der Waals surface area contributed by atoms with Crippen molar-refractivity contribution in [3.8, 4) is 11.6 Å². The molecule has 2 N–H and O–H groups in total. The number of nitrogens with zero attached hydrogens (tertiary/aromatic N) is 3. The molecule has 0 spiro atoms. The summed E-state index contributed by atoms with van der Waals surface area (Å²) in [7, 11) is 0. The van der Waals surface area contributed by atoms with E-state index in [-0.39, 0.29) is 25.0 Å². The molecular formula is C18H14ClN5O3. The summed E-state index contributed by atoms with van der Waals surface area (Å²) in [6.07, 6.45) is 4.90. The van der Waals surface area contributed by atoms with Crippen LogP contribution in [0.3, 0.4) is 0 Å². The monoisotopic (exact) mass is 383 g/mol. The van der Waals surface area contributed by atoms with Gasteiger partial charge in [0.15, 0.2) is 12.4 Å². The number of carbonyl (C=O) groups is 2. The predicted molar refractivity (Wildman–Crippen MR) is 98.1 cm³/mol. The van der Waals surface area contributed by atoms with Crippen molar-refractivity contribution in [1.82, 2.24) is 20.1 Å². The number of nitrogens with one attached hydrogen (secondary N) is 2. The van der Waals surface area contributed by atoms with Crippen LogP contribution in [-0.4, -0.2) is 33.2 Å². The molecule has 0 saturated heterocycles. The highest BCUT2D eigenvalue weighted by atomic mass is 35.5. The molecule has 0 fully saturated rings. The molecule has 0 radical (unpaired) electrons. The third-order valence-corrected chi connectivity index (χ3v) is 4.32. The van der Waals surface area contributed by atoms with Crippen molar-refractivity contribution in [3.05, 3.63) is 65.1 Å². The van der Waals surface area contributed by atoms with Gasteiger partial charge in [-0.25, -0.2) is 9.67 Å². The average molecular weight is 384 g/mol. The second kappa shape index (κ2) is 7.08. The molecule has 1 aliphatic rings. The minimum Gasteiger partial charge on any atom is -0.482 e. The lowest BCUT2D eigenvalue weighted by Gasteiger charge is -2.19. The van der Waals surface area contributed by atoms with E-state index < -0.39 is 0 Å². The topological polar surface area (TPSA) is 98.1 Å². The number of benzene rings is 1. The molecule has 0 aliphatic carbocycles. The Morgan fingerprint density at radius 1 is 1.37 bits per heavy atom. The number of hydrogen-bond acceptors (Lipinski definition) is 5. The number of halogens is 1. The van der Waals surface area contributed by atoms with Crippen LogP contribution in [0.2, 0.25) is 5.02 Å². The van der Waals surface area contributed by atoms with Crippen LogP contribution in [-0.2, 0) is 11.3 Å². The Balaban J connectivity index is 1.45. The molecule has 0 unspecified atom stereocenters. The number of amides is 2. The maximum atomic E-state index is 12.4. The van der Waals surface area contributed by atoms with E-state index in [0.717, 1.165) is 0 Å². The van der Waals surface area contributed by atoms with E-state index in [1.54, 1.807) is 47.4 Å². The van der Waals surface area contributed by atoms with E-state index in [4.69, 9.17) is 16.3 Å². The minimum absolute atomic E-state index is 0.0407. The third kappa shape index (κ3) is 3.61.